The van der Waals surface area contributed by atoms with Crippen molar-refractivity contribution in [2.24, 2.45) is 0 Å². The molecule has 144 valence electrons. The minimum atomic E-state index is -0.899. The average molecular weight is 402 g/mol. The highest BCUT2D eigenvalue weighted by Crippen LogP contribution is 2.23. The molecule has 0 unspecified atom stereocenters. The van der Waals surface area contributed by atoms with Gasteiger partial charge in [0.25, 0.3) is 11.5 Å². The van der Waals surface area contributed by atoms with Crippen molar-refractivity contribution >= 4 is 23.2 Å². The first-order valence-electron chi connectivity index (χ1n) is 8.43. The van der Waals surface area contributed by atoms with E-state index in [-0.39, 0.29) is 5.88 Å². The molecule has 0 fully saturated rings. The Morgan fingerprint density at radius 3 is 2.57 bits per heavy atom. The van der Waals surface area contributed by atoms with E-state index in [9.17, 15) is 14.0 Å². The van der Waals surface area contributed by atoms with Gasteiger partial charge in [-0.25, -0.2) is 4.39 Å². The number of amides is 1. The van der Waals surface area contributed by atoms with Crippen molar-refractivity contribution in [3.05, 3.63) is 81.4 Å². The number of carbonyl (C=O) groups is 1. The third-order valence-corrected chi connectivity index (χ3v) is 4.21. The number of benzene rings is 2. The Labute approximate surface area is 165 Å². The number of carbonyl (C=O) groups excluding carboxylic acids is 1. The molecule has 1 N–H and O–H groups in total. The Hall–Kier alpha value is -3.19. The van der Waals surface area contributed by atoms with Gasteiger partial charge in [-0.05, 0) is 55.8 Å². The van der Waals surface area contributed by atoms with Crippen LogP contribution in [0.3, 0.4) is 0 Å². The second kappa shape index (κ2) is 8.22. The highest BCUT2D eigenvalue weighted by atomic mass is 35.5. The van der Waals surface area contributed by atoms with Gasteiger partial charge in [0.05, 0.1) is 16.4 Å². The molecule has 0 radical (unpaired) electrons. The van der Waals surface area contributed by atoms with Crippen LogP contribution in [0.25, 0.3) is 5.69 Å². The lowest BCUT2D eigenvalue weighted by atomic mass is 10.2. The van der Waals surface area contributed by atoms with Gasteiger partial charge < -0.3 is 10.1 Å². The molecule has 1 heterocycles. The topological polar surface area (TPSA) is 73.2 Å². The number of halogens is 2. The molecule has 0 aliphatic rings. The smallest absolute Gasteiger partial charge is 0.271 e. The summed E-state index contributed by atoms with van der Waals surface area (Å²) in [6.45, 7) is 3.44. The highest BCUT2D eigenvalue weighted by Gasteiger charge is 2.17. The second-order valence-corrected chi connectivity index (χ2v) is 6.54. The lowest BCUT2D eigenvalue weighted by molar-refractivity contribution is -0.122. The van der Waals surface area contributed by atoms with Gasteiger partial charge in [0.15, 0.2) is 6.10 Å². The van der Waals surface area contributed by atoms with Crippen molar-refractivity contribution in [1.29, 1.82) is 0 Å². The number of aryl methyl sites for hydroxylation is 1. The molecule has 0 aliphatic heterocycles. The monoisotopic (exact) mass is 401 g/mol. The summed E-state index contributed by atoms with van der Waals surface area (Å²) >= 11 is 6.12. The summed E-state index contributed by atoms with van der Waals surface area (Å²) in [5.74, 6) is -0.780. The van der Waals surface area contributed by atoms with Crippen molar-refractivity contribution < 1.29 is 13.9 Å². The van der Waals surface area contributed by atoms with Gasteiger partial charge in [0.1, 0.15) is 5.82 Å². The summed E-state index contributed by atoms with van der Waals surface area (Å²) in [7, 11) is 0. The Bertz CT molecular complexity index is 1070. The molecule has 8 heteroatoms. The predicted molar refractivity (Wildman–Crippen MR) is 105 cm³/mol. The van der Waals surface area contributed by atoms with E-state index in [1.807, 2.05) is 13.0 Å². The quantitative estimate of drug-likeness (QED) is 0.706. The van der Waals surface area contributed by atoms with Gasteiger partial charge in [-0.15, -0.1) is 5.10 Å². The van der Waals surface area contributed by atoms with Crippen LogP contribution < -0.4 is 15.6 Å². The molecule has 0 spiro atoms. The van der Waals surface area contributed by atoms with E-state index in [1.165, 1.54) is 36.4 Å². The van der Waals surface area contributed by atoms with Crippen LogP contribution >= 0.6 is 11.6 Å². The number of hydrogen-bond donors (Lipinski definition) is 1. The van der Waals surface area contributed by atoms with E-state index < -0.39 is 23.4 Å². The maximum Gasteiger partial charge on any atom is 0.271 e. The van der Waals surface area contributed by atoms with Gasteiger partial charge in [0, 0.05) is 12.1 Å². The first-order chi connectivity index (χ1) is 13.3. The van der Waals surface area contributed by atoms with Crippen molar-refractivity contribution in [2.45, 2.75) is 20.0 Å². The second-order valence-electron chi connectivity index (χ2n) is 6.13. The molecular weight excluding hydrogens is 385 g/mol. The highest BCUT2D eigenvalue weighted by molar-refractivity contribution is 6.33. The molecule has 1 aromatic heterocycles. The fraction of sp³-hybridized carbons (Fsp3) is 0.150. The Balaban J connectivity index is 1.75. The van der Waals surface area contributed by atoms with Crippen LogP contribution in [0.5, 0.6) is 5.88 Å². The van der Waals surface area contributed by atoms with Crippen molar-refractivity contribution in [2.75, 3.05) is 5.32 Å². The maximum atomic E-state index is 13.1. The number of nitrogens with zero attached hydrogens (tertiary/aromatic N) is 2. The number of anilines is 1. The third kappa shape index (κ3) is 4.55. The van der Waals surface area contributed by atoms with E-state index in [1.54, 1.807) is 19.1 Å². The van der Waals surface area contributed by atoms with Crippen LogP contribution in [0.4, 0.5) is 10.1 Å². The molecule has 28 heavy (non-hydrogen) atoms. The average Bonchev–Trinajstić information content (AvgIpc) is 2.66. The predicted octanol–water partition coefficient (Wildman–Crippen LogP) is 3.74. The lowest BCUT2D eigenvalue weighted by Gasteiger charge is -2.15. The van der Waals surface area contributed by atoms with E-state index in [4.69, 9.17) is 16.3 Å². The Kier molecular flexibility index (Phi) is 5.75. The molecule has 3 aromatic rings. The zero-order valence-electron chi connectivity index (χ0n) is 15.1. The molecule has 1 atom stereocenters. The van der Waals surface area contributed by atoms with Gasteiger partial charge in [0.2, 0.25) is 5.88 Å². The summed E-state index contributed by atoms with van der Waals surface area (Å²) in [5.41, 5.74) is 1.40. The van der Waals surface area contributed by atoms with Crippen molar-refractivity contribution in [3.63, 3.8) is 0 Å². The first-order valence-corrected chi connectivity index (χ1v) is 8.81. The summed E-state index contributed by atoms with van der Waals surface area (Å²) in [6.07, 6.45) is -0.899. The van der Waals surface area contributed by atoms with Crippen LogP contribution in [-0.2, 0) is 4.79 Å². The van der Waals surface area contributed by atoms with Crippen LogP contribution in [-0.4, -0.2) is 21.8 Å². The zero-order valence-corrected chi connectivity index (χ0v) is 15.9. The van der Waals surface area contributed by atoms with E-state index in [0.29, 0.717) is 16.4 Å². The normalized spacial score (nSPS) is 11.7. The number of nitrogens with one attached hydrogen (secondary N) is 1. The number of aromatic nitrogens is 2. The zero-order chi connectivity index (χ0) is 20.3. The molecule has 1 amide bonds. The Morgan fingerprint density at radius 2 is 1.89 bits per heavy atom. The van der Waals surface area contributed by atoms with Crippen LogP contribution in [0, 0.1) is 12.7 Å². The summed E-state index contributed by atoms with van der Waals surface area (Å²) < 4.78 is 19.7. The molecule has 0 aliphatic carbocycles. The third-order valence-electron chi connectivity index (χ3n) is 3.90. The largest absolute Gasteiger partial charge is 0.463 e. The van der Waals surface area contributed by atoms with Crippen molar-refractivity contribution in [3.8, 4) is 11.6 Å². The minimum absolute atomic E-state index is 0.0709. The SMILES string of the molecule is Cc1ccc(NC(=O)[C@H](C)Oc2ccc(=O)n(-c3ccc(F)cc3)n2)c(Cl)c1. The van der Waals surface area contributed by atoms with Crippen LogP contribution in [0.1, 0.15) is 12.5 Å². The Morgan fingerprint density at radius 1 is 1.18 bits per heavy atom. The maximum absolute atomic E-state index is 13.1. The molecule has 6 nitrogen and oxygen atoms in total. The number of hydrogen-bond acceptors (Lipinski definition) is 4. The molecule has 2 aromatic carbocycles. The minimum Gasteiger partial charge on any atom is -0.463 e. The molecule has 0 bridgehead atoms. The molecule has 3 rings (SSSR count). The first kappa shape index (κ1) is 19.6. The summed E-state index contributed by atoms with van der Waals surface area (Å²) in [4.78, 5) is 24.4. The molecular formula is C20H17ClFN3O3. The van der Waals surface area contributed by atoms with Gasteiger partial charge in [-0.3, -0.25) is 9.59 Å². The van der Waals surface area contributed by atoms with Gasteiger partial charge in [-0.2, -0.15) is 4.68 Å². The fourth-order valence-corrected chi connectivity index (χ4v) is 2.70. The molecule has 0 saturated carbocycles. The van der Waals surface area contributed by atoms with Crippen molar-refractivity contribution in [1.82, 2.24) is 9.78 Å². The number of ether oxygens (including phenoxy) is 1. The van der Waals surface area contributed by atoms with E-state index >= 15 is 0 Å². The van der Waals surface area contributed by atoms with Gasteiger partial charge in [-0.1, -0.05) is 17.7 Å². The fourth-order valence-electron chi connectivity index (χ4n) is 2.41. The lowest BCUT2D eigenvalue weighted by Crippen LogP contribution is -2.31. The summed E-state index contributed by atoms with van der Waals surface area (Å²) in [6, 6.07) is 13.2. The standard InChI is InChI=1S/C20H17ClFN3O3/c1-12-3-8-17(16(21)11-12)23-20(27)13(2)28-18-9-10-19(26)25(24-18)15-6-4-14(22)5-7-15/h3-11,13H,1-2H3,(H,23,27)/t13-/m0/s1. The number of rotatable bonds is 5. The van der Waals surface area contributed by atoms with E-state index in [2.05, 4.69) is 10.4 Å². The van der Waals surface area contributed by atoms with Gasteiger partial charge >= 0.3 is 0 Å². The van der Waals surface area contributed by atoms with Crippen LogP contribution in [0.2, 0.25) is 5.02 Å². The summed E-state index contributed by atoms with van der Waals surface area (Å²) in [5, 5.41) is 7.19. The molecule has 0 saturated heterocycles. The van der Waals surface area contributed by atoms with E-state index in [0.717, 1.165) is 10.2 Å². The van der Waals surface area contributed by atoms with Crippen LogP contribution in [0.15, 0.2) is 59.4 Å².